The summed E-state index contributed by atoms with van der Waals surface area (Å²) in [5.41, 5.74) is 10.4. The molecule has 1 unspecified atom stereocenters. The molecule has 3 rings (SSSR count). The van der Waals surface area contributed by atoms with Gasteiger partial charge in [0.1, 0.15) is 0 Å². The summed E-state index contributed by atoms with van der Waals surface area (Å²) < 4.78 is 0. The molecule has 0 heterocycles. The number of fused-ring (bicyclic) bond motifs is 1. The molecule has 19 heavy (non-hydrogen) atoms. The van der Waals surface area contributed by atoms with Crippen LogP contribution in [0.15, 0.2) is 48.5 Å². The Bertz CT molecular complexity index is 593. The fourth-order valence-corrected chi connectivity index (χ4v) is 3.48. The highest BCUT2D eigenvalue weighted by Gasteiger charge is 2.37. The molecule has 1 aliphatic rings. The van der Waals surface area contributed by atoms with Crippen molar-refractivity contribution in [2.45, 2.75) is 24.7 Å². The first-order chi connectivity index (χ1) is 9.23. The number of aryl methyl sites for hydroxylation is 1. The normalized spacial score (nSPS) is 21.4. The summed E-state index contributed by atoms with van der Waals surface area (Å²) in [6.07, 6.45) is 3.24. The summed E-state index contributed by atoms with van der Waals surface area (Å²) in [5, 5.41) is 0.802. The van der Waals surface area contributed by atoms with Gasteiger partial charge in [0.05, 0.1) is 0 Å². The maximum atomic E-state index is 6.14. The van der Waals surface area contributed by atoms with Crippen molar-refractivity contribution >= 4 is 11.6 Å². The van der Waals surface area contributed by atoms with Crippen LogP contribution >= 0.6 is 11.6 Å². The van der Waals surface area contributed by atoms with Gasteiger partial charge in [0.25, 0.3) is 0 Å². The van der Waals surface area contributed by atoms with E-state index in [9.17, 15) is 0 Å². The van der Waals surface area contributed by atoms with Crippen LogP contribution in [0.25, 0.3) is 0 Å². The molecular formula is C17H18ClN. The van der Waals surface area contributed by atoms with Crippen molar-refractivity contribution in [1.82, 2.24) is 0 Å². The van der Waals surface area contributed by atoms with Crippen LogP contribution < -0.4 is 5.73 Å². The van der Waals surface area contributed by atoms with Gasteiger partial charge in [-0.25, -0.2) is 0 Å². The van der Waals surface area contributed by atoms with Crippen molar-refractivity contribution in [2.75, 3.05) is 6.54 Å². The first kappa shape index (κ1) is 12.7. The number of halogens is 1. The lowest BCUT2D eigenvalue weighted by Crippen LogP contribution is -2.35. The monoisotopic (exact) mass is 271 g/mol. The van der Waals surface area contributed by atoms with Gasteiger partial charge in [-0.15, -0.1) is 0 Å². The maximum absolute atomic E-state index is 6.14. The van der Waals surface area contributed by atoms with E-state index in [1.807, 2.05) is 12.1 Å². The molecule has 1 nitrogen and oxygen atoms in total. The third-order valence-electron chi connectivity index (χ3n) is 4.28. The Kier molecular flexibility index (Phi) is 3.34. The lowest BCUT2D eigenvalue weighted by Gasteiger charge is -2.29. The van der Waals surface area contributed by atoms with Crippen molar-refractivity contribution in [3.05, 3.63) is 70.2 Å². The highest BCUT2D eigenvalue weighted by Crippen LogP contribution is 2.40. The Morgan fingerprint density at radius 1 is 1.11 bits per heavy atom. The second-order valence-electron chi connectivity index (χ2n) is 5.45. The highest BCUT2D eigenvalue weighted by molar-refractivity contribution is 6.30. The topological polar surface area (TPSA) is 26.0 Å². The second kappa shape index (κ2) is 4.99. The van der Waals surface area contributed by atoms with Crippen LogP contribution in [-0.4, -0.2) is 6.54 Å². The number of nitrogens with two attached hydrogens (primary N) is 1. The van der Waals surface area contributed by atoms with Crippen molar-refractivity contribution in [3.8, 4) is 0 Å². The Labute approximate surface area is 119 Å². The van der Waals surface area contributed by atoms with Gasteiger partial charge >= 0.3 is 0 Å². The molecule has 0 radical (unpaired) electrons. The predicted molar refractivity (Wildman–Crippen MR) is 80.7 cm³/mol. The van der Waals surface area contributed by atoms with Gasteiger partial charge in [-0.3, -0.25) is 0 Å². The molecule has 0 saturated heterocycles. The average Bonchev–Trinajstić information content (AvgIpc) is 2.79. The predicted octanol–water partition coefficient (Wildman–Crippen LogP) is 3.73. The van der Waals surface area contributed by atoms with Crippen molar-refractivity contribution in [1.29, 1.82) is 0 Å². The van der Waals surface area contributed by atoms with E-state index in [0.29, 0.717) is 6.54 Å². The minimum absolute atomic E-state index is 0.0846. The van der Waals surface area contributed by atoms with Gasteiger partial charge < -0.3 is 5.73 Å². The number of hydrogen-bond donors (Lipinski definition) is 1. The number of benzene rings is 2. The zero-order valence-corrected chi connectivity index (χ0v) is 11.7. The summed E-state index contributed by atoms with van der Waals surface area (Å²) in [4.78, 5) is 0. The zero-order chi connectivity index (χ0) is 13.3. The standard InChI is InChI=1S/C17H18ClN/c18-15-6-3-4-13(10-15)11-17(12-19)9-8-14-5-1-2-7-16(14)17/h1-7,10H,8-9,11-12,19H2. The summed E-state index contributed by atoms with van der Waals surface area (Å²) >= 11 is 6.09. The van der Waals surface area contributed by atoms with Crippen LogP contribution in [0, 0.1) is 0 Å². The maximum Gasteiger partial charge on any atom is 0.0408 e. The Hall–Kier alpha value is -1.31. The Balaban J connectivity index is 1.98. The second-order valence-corrected chi connectivity index (χ2v) is 5.88. The summed E-state index contributed by atoms with van der Waals surface area (Å²) in [5.74, 6) is 0. The molecular weight excluding hydrogens is 254 g/mol. The average molecular weight is 272 g/mol. The summed E-state index contributed by atoms with van der Waals surface area (Å²) in [6, 6.07) is 16.8. The fourth-order valence-electron chi connectivity index (χ4n) is 3.27. The van der Waals surface area contributed by atoms with Crippen molar-refractivity contribution in [3.63, 3.8) is 0 Å². The molecule has 0 saturated carbocycles. The van der Waals surface area contributed by atoms with E-state index in [2.05, 4.69) is 36.4 Å². The highest BCUT2D eigenvalue weighted by atomic mass is 35.5. The largest absolute Gasteiger partial charge is 0.330 e. The first-order valence-electron chi connectivity index (χ1n) is 6.76. The van der Waals surface area contributed by atoms with Gasteiger partial charge in [0, 0.05) is 17.0 Å². The molecule has 1 aliphatic carbocycles. The molecule has 1 atom stereocenters. The number of hydrogen-bond acceptors (Lipinski definition) is 1. The zero-order valence-electron chi connectivity index (χ0n) is 10.9. The SMILES string of the molecule is NCC1(Cc2cccc(Cl)c2)CCc2ccccc21. The third kappa shape index (κ3) is 2.29. The molecule has 0 amide bonds. The molecule has 0 aliphatic heterocycles. The van der Waals surface area contributed by atoms with E-state index in [0.717, 1.165) is 24.3 Å². The van der Waals surface area contributed by atoms with Crippen LogP contribution in [0.5, 0.6) is 0 Å². The Morgan fingerprint density at radius 3 is 2.74 bits per heavy atom. The van der Waals surface area contributed by atoms with Gasteiger partial charge in [0.15, 0.2) is 0 Å². The van der Waals surface area contributed by atoms with E-state index < -0.39 is 0 Å². The van der Waals surface area contributed by atoms with Crippen LogP contribution in [0.4, 0.5) is 0 Å². The molecule has 0 bridgehead atoms. The van der Waals surface area contributed by atoms with Crippen LogP contribution in [0.2, 0.25) is 5.02 Å². The lowest BCUT2D eigenvalue weighted by molar-refractivity contribution is 0.432. The van der Waals surface area contributed by atoms with E-state index in [-0.39, 0.29) is 5.41 Å². The number of rotatable bonds is 3. The molecule has 2 heteroatoms. The van der Waals surface area contributed by atoms with Crippen molar-refractivity contribution in [2.24, 2.45) is 5.73 Å². The van der Waals surface area contributed by atoms with E-state index in [4.69, 9.17) is 17.3 Å². The molecule has 98 valence electrons. The third-order valence-corrected chi connectivity index (χ3v) is 4.52. The van der Waals surface area contributed by atoms with Gasteiger partial charge in [-0.2, -0.15) is 0 Å². The molecule has 0 aromatic heterocycles. The molecule has 0 fully saturated rings. The fraction of sp³-hybridized carbons (Fsp3) is 0.294. The van der Waals surface area contributed by atoms with Gasteiger partial charge in [-0.1, -0.05) is 48.0 Å². The van der Waals surface area contributed by atoms with Crippen LogP contribution in [-0.2, 0) is 18.3 Å². The molecule has 2 aromatic carbocycles. The first-order valence-corrected chi connectivity index (χ1v) is 7.14. The smallest absolute Gasteiger partial charge is 0.0408 e. The molecule has 0 spiro atoms. The molecule has 2 N–H and O–H groups in total. The Morgan fingerprint density at radius 2 is 1.95 bits per heavy atom. The van der Waals surface area contributed by atoms with E-state index in [1.54, 1.807) is 0 Å². The summed E-state index contributed by atoms with van der Waals surface area (Å²) in [6.45, 7) is 0.691. The van der Waals surface area contributed by atoms with Gasteiger partial charge in [0.2, 0.25) is 0 Å². The van der Waals surface area contributed by atoms with Gasteiger partial charge in [-0.05, 0) is 48.1 Å². The summed E-state index contributed by atoms with van der Waals surface area (Å²) in [7, 11) is 0. The van der Waals surface area contributed by atoms with E-state index >= 15 is 0 Å². The lowest BCUT2D eigenvalue weighted by atomic mass is 9.76. The minimum atomic E-state index is 0.0846. The van der Waals surface area contributed by atoms with E-state index in [1.165, 1.54) is 16.7 Å². The minimum Gasteiger partial charge on any atom is -0.330 e. The quantitative estimate of drug-likeness (QED) is 0.905. The molecule has 2 aromatic rings. The van der Waals surface area contributed by atoms with Crippen LogP contribution in [0.3, 0.4) is 0 Å². The van der Waals surface area contributed by atoms with Crippen LogP contribution in [0.1, 0.15) is 23.1 Å². The van der Waals surface area contributed by atoms with Crippen molar-refractivity contribution < 1.29 is 0 Å².